The average Bonchev–Trinajstić information content (AvgIpc) is 2.67. The van der Waals surface area contributed by atoms with Crippen LogP contribution in [-0.4, -0.2) is 46.9 Å². The van der Waals surface area contributed by atoms with E-state index in [0.29, 0.717) is 46.9 Å². The van der Waals surface area contributed by atoms with Crippen molar-refractivity contribution in [1.29, 1.82) is 0 Å². The zero-order valence-corrected chi connectivity index (χ0v) is 17.7. The second kappa shape index (κ2) is 8.38. The Balaban J connectivity index is 1.87. The molecular formula is C19H21ClN2O6S. The van der Waals surface area contributed by atoms with Crippen molar-refractivity contribution in [1.82, 2.24) is 0 Å². The van der Waals surface area contributed by atoms with Gasteiger partial charge in [-0.25, -0.2) is 8.42 Å². The van der Waals surface area contributed by atoms with Crippen molar-refractivity contribution in [2.45, 2.75) is 13.0 Å². The Morgan fingerprint density at radius 3 is 2.48 bits per heavy atom. The van der Waals surface area contributed by atoms with Gasteiger partial charge in [-0.15, -0.1) is 0 Å². The molecule has 3 rings (SSSR count). The van der Waals surface area contributed by atoms with Gasteiger partial charge in [0.2, 0.25) is 15.9 Å². The van der Waals surface area contributed by atoms with Crippen LogP contribution in [0, 0.1) is 0 Å². The summed E-state index contributed by atoms with van der Waals surface area (Å²) in [6.45, 7) is 2.29. The Bertz CT molecular complexity index is 1030. The molecule has 1 N–H and O–H groups in total. The molecule has 1 aliphatic rings. The van der Waals surface area contributed by atoms with E-state index in [4.69, 9.17) is 25.8 Å². The number of halogens is 1. The summed E-state index contributed by atoms with van der Waals surface area (Å²) >= 11 is 6.08. The van der Waals surface area contributed by atoms with Gasteiger partial charge in [0.25, 0.3) is 0 Å². The van der Waals surface area contributed by atoms with Gasteiger partial charge in [0, 0.05) is 11.8 Å². The van der Waals surface area contributed by atoms with Gasteiger partial charge in [-0.05, 0) is 37.3 Å². The highest BCUT2D eigenvalue weighted by atomic mass is 35.5. The molecule has 0 aliphatic carbocycles. The molecule has 8 nitrogen and oxygen atoms in total. The van der Waals surface area contributed by atoms with Crippen LogP contribution < -0.4 is 23.8 Å². The molecule has 0 saturated heterocycles. The smallest absolute Gasteiger partial charge is 0.247 e. The van der Waals surface area contributed by atoms with Crippen LogP contribution in [0.4, 0.5) is 11.4 Å². The number of hydrogen-bond donors (Lipinski definition) is 1. The minimum atomic E-state index is -3.77. The summed E-state index contributed by atoms with van der Waals surface area (Å²) in [6.07, 6.45) is 1.04. The van der Waals surface area contributed by atoms with E-state index in [9.17, 15) is 13.2 Å². The third kappa shape index (κ3) is 4.68. The van der Waals surface area contributed by atoms with Gasteiger partial charge in [0.05, 0.1) is 24.1 Å². The third-order valence-corrected chi connectivity index (χ3v) is 5.83. The Kier molecular flexibility index (Phi) is 6.09. The maximum absolute atomic E-state index is 12.8. The van der Waals surface area contributed by atoms with E-state index in [1.54, 1.807) is 30.3 Å². The van der Waals surface area contributed by atoms with Gasteiger partial charge in [-0.3, -0.25) is 9.10 Å². The fourth-order valence-corrected chi connectivity index (χ4v) is 4.39. The Labute approximate surface area is 174 Å². The molecule has 10 heteroatoms. The number of rotatable bonds is 6. The highest BCUT2D eigenvalue weighted by Crippen LogP contribution is 2.35. The fourth-order valence-electron chi connectivity index (χ4n) is 2.97. The van der Waals surface area contributed by atoms with Crippen LogP contribution in [0.2, 0.25) is 5.02 Å². The minimum absolute atomic E-state index is 0.298. The van der Waals surface area contributed by atoms with E-state index in [0.717, 1.165) is 10.6 Å². The van der Waals surface area contributed by atoms with E-state index < -0.39 is 22.0 Å². The Morgan fingerprint density at radius 2 is 1.86 bits per heavy atom. The maximum Gasteiger partial charge on any atom is 0.247 e. The summed E-state index contributed by atoms with van der Waals surface area (Å²) in [5.74, 6) is 0.897. The normalized spacial score (nSPS) is 14.1. The first-order chi connectivity index (χ1) is 13.7. The minimum Gasteiger partial charge on any atom is -0.495 e. The summed E-state index contributed by atoms with van der Waals surface area (Å²) in [5, 5.41) is 3.00. The zero-order chi connectivity index (χ0) is 21.2. The van der Waals surface area contributed by atoms with Crippen molar-refractivity contribution in [3.05, 3.63) is 41.4 Å². The molecule has 0 unspecified atom stereocenters. The van der Waals surface area contributed by atoms with E-state index in [1.807, 2.05) is 0 Å². The number of methoxy groups -OCH3 is 1. The van der Waals surface area contributed by atoms with Crippen LogP contribution >= 0.6 is 11.6 Å². The molecule has 1 amide bonds. The van der Waals surface area contributed by atoms with Crippen molar-refractivity contribution in [3.8, 4) is 17.2 Å². The number of fused-ring (bicyclic) bond motifs is 1. The molecule has 0 fully saturated rings. The van der Waals surface area contributed by atoms with Crippen molar-refractivity contribution in [2.75, 3.05) is 36.2 Å². The first kappa shape index (κ1) is 21.1. The highest BCUT2D eigenvalue weighted by molar-refractivity contribution is 7.92. The zero-order valence-electron chi connectivity index (χ0n) is 16.1. The molecule has 0 bridgehead atoms. The van der Waals surface area contributed by atoms with Gasteiger partial charge >= 0.3 is 0 Å². The number of carbonyl (C=O) groups is 1. The summed E-state index contributed by atoms with van der Waals surface area (Å²) in [6, 6.07) is 8.46. The van der Waals surface area contributed by atoms with Gasteiger partial charge in [0.15, 0.2) is 11.5 Å². The first-order valence-corrected chi connectivity index (χ1v) is 11.0. The summed E-state index contributed by atoms with van der Waals surface area (Å²) in [4.78, 5) is 12.8. The standard InChI is InChI=1S/C19H21ClN2O6S/c1-12(19(23)21-13-4-6-16(26-2)15(20)10-13)22(29(3,24)25)14-5-7-17-18(11-14)28-9-8-27-17/h4-7,10-12H,8-9H2,1-3H3,(H,21,23)/t12-/m1/s1. The molecule has 0 spiro atoms. The molecule has 2 aromatic rings. The molecule has 156 valence electrons. The van der Waals surface area contributed by atoms with Crippen molar-refractivity contribution in [2.24, 2.45) is 0 Å². The van der Waals surface area contributed by atoms with E-state index in [2.05, 4.69) is 5.32 Å². The number of benzene rings is 2. The lowest BCUT2D eigenvalue weighted by Gasteiger charge is -2.29. The summed E-state index contributed by atoms with van der Waals surface area (Å²) in [5.41, 5.74) is 0.718. The lowest BCUT2D eigenvalue weighted by molar-refractivity contribution is -0.116. The fraction of sp³-hybridized carbons (Fsp3) is 0.316. The number of nitrogens with zero attached hydrogens (tertiary/aromatic N) is 1. The quantitative estimate of drug-likeness (QED) is 0.742. The number of amides is 1. The number of carbonyl (C=O) groups excluding carboxylic acids is 1. The van der Waals surface area contributed by atoms with Crippen LogP contribution in [0.15, 0.2) is 36.4 Å². The van der Waals surface area contributed by atoms with Crippen molar-refractivity contribution >= 4 is 38.9 Å². The molecule has 29 heavy (non-hydrogen) atoms. The van der Waals surface area contributed by atoms with Crippen molar-refractivity contribution < 1.29 is 27.4 Å². The predicted molar refractivity (Wildman–Crippen MR) is 111 cm³/mol. The molecule has 1 heterocycles. The van der Waals surface area contributed by atoms with Crippen LogP contribution in [0.3, 0.4) is 0 Å². The molecule has 1 atom stereocenters. The summed E-state index contributed by atoms with van der Waals surface area (Å²) in [7, 11) is -2.28. The molecular weight excluding hydrogens is 420 g/mol. The second-order valence-electron chi connectivity index (χ2n) is 6.40. The number of sulfonamides is 1. The lowest BCUT2D eigenvalue weighted by atomic mass is 10.2. The topological polar surface area (TPSA) is 94.2 Å². The number of nitrogens with one attached hydrogen (secondary N) is 1. The maximum atomic E-state index is 12.8. The van der Waals surface area contributed by atoms with Gasteiger partial charge < -0.3 is 19.5 Å². The van der Waals surface area contributed by atoms with Crippen LogP contribution in [0.5, 0.6) is 17.2 Å². The molecule has 0 saturated carbocycles. The number of anilines is 2. The van der Waals surface area contributed by atoms with E-state index >= 15 is 0 Å². The first-order valence-electron chi connectivity index (χ1n) is 8.74. The SMILES string of the molecule is COc1ccc(NC(=O)[C@@H](C)N(c2ccc3c(c2)OCCO3)S(C)(=O)=O)cc1Cl. The van der Waals surface area contributed by atoms with Crippen LogP contribution in [-0.2, 0) is 14.8 Å². The summed E-state index contributed by atoms with van der Waals surface area (Å²) < 4.78 is 42.1. The highest BCUT2D eigenvalue weighted by Gasteiger charge is 2.30. The Hall–Kier alpha value is -2.65. The predicted octanol–water partition coefficient (Wildman–Crippen LogP) is 2.91. The Morgan fingerprint density at radius 1 is 1.17 bits per heavy atom. The molecule has 0 aromatic heterocycles. The third-order valence-electron chi connectivity index (χ3n) is 4.29. The number of hydrogen-bond acceptors (Lipinski definition) is 6. The largest absolute Gasteiger partial charge is 0.495 e. The van der Waals surface area contributed by atoms with Crippen LogP contribution in [0.1, 0.15) is 6.92 Å². The second-order valence-corrected chi connectivity index (χ2v) is 8.67. The molecule has 0 radical (unpaired) electrons. The average molecular weight is 441 g/mol. The molecule has 1 aliphatic heterocycles. The van der Waals surface area contributed by atoms with Gasteiger partial charge in [-0.2, -0.15) is 0 Å². The van der Waals surface area contributed by atoms with E-state index in [1.165, 1.54) is 20.1 Å². The van der Waals surface area contributed by atoms with Crippen molar-refractivity contribution in [3.63, 3.8) is 0 Å². The monoisotopic (exact) mass is 440 g/mol. The van der Waals surface area contributed by atoms with Gasteiger partial charge in [-0.1, -0.05) is 11.6 Å². The van der Waals surface area contributed by atoms with Crippen LogP contribution in [0.25, 0.3) is 0 Å². The number of ether oxygens (including phenoxy) is 3. The lowest BCUT2D eigenvalue weighted by Crippen LogP contribution is -2.45. The van der Waals surface area contributed by atoms with E-state index in [-0.39, 0.29) is 0 Å². The molecule has 2 aromatic carbocycles. The van der Waals surface area contributed by atoms with Gasteiger partial charge in [0.1, 0.15) is 25.0 Å².